The highest BCUT2D eigenvalue weighted by molar-refractivity contribution is 7.89. The van der Waals surface area contributed by atoms with Crippen molar-refractivity contribution in [3.63, 3.8) is 0 Å². The van der Waals surface area contributed by atoms with Crippen LogP contribution in [0, 0.1) is 13.8 Å². The first-order chi connectivity index (χ1) is 12.4. The Morgan fingerprint density at radius 3 is 2.46 bits per heavy atom. The average Bonchev–Trinajstić information content (AvgIpc) is 3.13. The zero-order chi connectivity index (χ0) is 18.7. The number of nitrogens with one attached hydrogen (secondary N) is 1. The van der Waals surface area contributed by atoms with Gasteiger partial charge in [0.1, 0.15) is 0 Å². The standard InChI is InChI=1S/C19H27N3O2S2/c1-15-4-5-18(12-16(15)2)26(23,24)20-13-19(17-6-11-25-14-17)22-9-7-21(3)8-10-22/h4-6,11-12,14,19-20H,7-10,13H2,1-3H3/t19-/m1/s1. The van der Waals surface area contributed by atoms with E-state index in [0.29, 0.717) is 11.4 Å². The predicted molar refractivity (Wildman–Crippen MR) is 107 cm³/mol. The SMILES string of the molecule is Cc1ccc(S(=O)(=O)NC[C@H](c2ccsc2)N2CCN(C)CC2)cc1C. The Morgan fingerprint density at radius 2 is 1.85 bits per heavy atom. The fourth-order valence-corrected chi connectivity index (χ4v) is 5.04. The monoisotopic (exact) mass is 393 g/mol. The summed E-state index contributed by atoms with van der Waals surface area (Å²) >= 11 is 1.65. The summed E-state index contributed by atoms with van der Waals surface area (Å²) in [6.45, 7) is 8.21. The van der Waals surface area contributed by atoms with Crippen LogP contribution in [0.2, 0.25) is 0 Å². The highest BCUT2D eigenvalue weighted by Gasteiger charge is 2.26. The summed E-state index contributed by atoms with van der Waals surface area (Å²) in [6.07, 6.45) is 0. The maximum absolute atomic E-state index is 12.8. The van der Waals surface area contributed by atoms with Crippen LogP contribution in [0.25, 0.3) is 0 Å². The van der Waals surface area contributed by atoms with Crippen molar-refractivity contribution in [2.45, 2.75) is 24.8 Å². The van der Waals surface area contributed by atoms with Gasteiger partial charge in [0.25, 0.3) is 0 Å². The molecule has 1 aliphatic rings. The fourth-order valence-electron chi connectivity index (χ4n) is 3.21. The Balaban J connectivity index is 1.75. The van der Waals surface area contributed by atoms with Gasteiger partial charge in [-0.25, -0.2) is 13.1 Å². The van der Waals surface area contributed by atoms with Gasteiger partial charge in [0.05, 0.1) is 4.90 Å². The van der Waals surface area contributed by atoms with E-state index in [1.54, 1.807) is 23.5 Å². The molecule has 1 atom stereocenters. The fraction of sp³-hybridized carbons (Fsp3) is 0.474. The van der Waals surface area contributed by atoms with Crippen molar-refractivity contribution in [2.75, 3.05) is 39.8 Å². The maximum atomic E-state index is 12.8. The van der Waals surface area contributed by atoms with E-state index in [-0.39, 0.29) is 6.04 Å². The molecule has 1 fully saturated rings. The van der Waals surface area contributed by atoms with Gasteiger partial charge in [-0.3, -0.25) is 4.90 Å². The van der Waals surface area contributed by atoms with Gasteiger partial charge in [0.15, 0.2) is 0 Å². The predicted octanol–water partition coefficient (Wildman–Crippen LogP) is 2.63. The highest BCUT2D eigenvalue weighted by atomic mass is 32.2. The van der Waals surface area contributed by atoms with E-state index in [9.17, 15) is 8.42 Å². The number of hydrogen-bond donors (Lipinski definition) is 1. The summed E-state index contributed by atoms with van der Waals surface area (Å²) in [7, 11) is -1.39. The second-order valence-corrected chi connectivity index (χ2v) is 9.56. The zero-order valence-corrected chi connectivity index (χ0v) is 17.2. The summed E-state index contributed by atoms with van der Waals surface area (Å²) in [5.41, 5.74) is 3.27. The van der Waals surface area contributed by atoms with E-state index >= 15 is 0 Å². The van der Waals surface area contributed by atoms with Crippen LogP contribution in [-0.2, 0) is 10.0 Å². The number of aryl methyl sites for hydroxylation is 2. The van der Waals surface area contributed by atoms with Crippen molar-refractivity contribution in [3.8, 4) is 0 Å². The minimum atomic E-state index is -3.52. The minimum absolute atomic E-state index is 0.0660. The second-order valence-electron chi connectivity index (χ2n) is 7.01. The van der Waals surface area contributed by atoms with Crippen LogP contribution < -0.4 is 4.72 Å². The van der Waals surface area contributed by atoms with Crippen LogP contribution >= 0.6 is 11.3 Å². The molecule has 2 aromatic rings. The quantitative estimate of drug-likeness (QED) is 0.820. The molecule has 3 rings (SSSR count). The Bertz CT molecular complexity index is 826. The minimum Gasteiger partial charge on any atom is -0.304 e. The van der Waals surface area contributed by atoms with Gasteiger partial charge in [-0.05, 0) is 66.5 Å². The summed E-state index contributed by atoms with van der Waals surface area (Å²) in [4.78, 5) is 5.02. The van der Waals surface area contributed by atoms with Gasteiger partial charge < -0.3 is 4.90 Å². The number of thiophene rings is 1. The number of benzene rings is 1. The Kier molecular flexibility index (Phi) is 6.14. The molecule has 1 N–H and O–H groups in total. The van der Waals surface area contributed by atoms with Crippen molar-refractivity contribution in [1.82, 2.24) is 14.5 Å². The summed E-state index contributed by atoms with van der Waals surface area (Å²) in [6, 6.07) is 7.45. The molecule has 1 aromatic carbocycles. The maximum Gasteiger partial charge on any atom is 0.240 e. The van der Waals surface area contributed by atoms with E-state index in [0.717, 1.165) is 37.3 Å². The summed E-state index contributed by atoms with van der Waals surface area (Å²) < 4.78 is 28.4. The lowest BCUT2D eigenvalue weighted by Gasteiger charge is -2.37. The number of piperazine rings is 1. The lowest BCUT2D eigenvalue weighted by Crippen LogP contribution is -2.48. The van der Waals surface area contributed by atoms with Crippen LogP contribution in [0.5, 0.6) is 0 Å². The third-order valence-electron chi connectivity index (χ3n) is 5.16. The number of hydrogen-bond acceptors (Lipinski definition) is 5. The van der Waals surface area contributed by atoms with Crippen LogP contribution in [0.15, 0.2) is 39.9 Å². The van der Waals surface area contributed by atoms with E-state index in [4.69, 9.17) is 0 Å². The van der Waals surface area contributed by atoms with Crippen molar-refractivity contribution in [3.05, 3.63) is 51.7 Å². The first-order valence-corrected chi connectivity index (χ1v) is 11.3. The Morgan fingerprint density at radius 1 is 1.12 bits per heavy atom. The molecule has 0 amide bonds. The van der Waals surface area contributed by atoms with Gasteiger partial charge in [-0.15, -0.1) is 0 Å². The molecule has 142 valence electrons. The first kappa shape index (κ1) is 19.5. The number of sulfonamides is 1. The summed E-state index contributed by atoms with van der Waals surface area (Å²) in [5, 5.41) is 4.17. The van der Waals surface area contributed by atoms with Crippen molar-refractivity contribution >= 4 is 21.4 Å². The Labute approximate surface area is 160 Å². The Hall–Kier alpha value is -1.25. The normalized spacial score (nSPS) is 18.1. The second kappa shape index (κ2) is 8.19. The van der Waals surface area contributed by atoms with Crippen LogP contribution in [0.3, 0.4) is 0 Å². The highest BCUT2D eigenvalue weighted by Crippen LogP contribution is 2.24. The largest absolute Gasteiger partial charge is 0.304 e. The molecule has 1 saturated heterocycles. The molecule has 0 bridgehead atoms. The summed E-state index contributed by atoms with van der Waals surface area (Å²) in [5.74, 6) is 0. The topological polar surface area (TPSA) is 52.7 Å². The van der Waals surface area contributed by atoms with E-state index in [1.807, 2.05) is 19.9 Å². The number of rotatable bonds is 6. The molecule has 0 radical (unpaired) electrons. The third kappa shape index (κ3) is 4.53. The van der Waals surface area contributed by atoms with Gasteiger partial charge >= 0.3 is 0 Å². The van der Waals surface area contributed by atoms with Gasteiger partial charge in [0.2, 0.25) is 10.0 Å². The van der Waals surface area contributed by atoms with Crippen molar-refractivity contribution < 1.29 is 8.42 Å². The van der Waals surface area contributed by atoms with Gasteiger partial charge in [0, 0.05) is 38.8 Å². The smallest absolute Gasteiger partial charge is 0.240 e. The molecule has 1 aromatic heterocycles. The molecule has 7 heteroatoms. The lowest BCUT2D eigenvalue weighted by molar-refractivity contribution is 0.113. The van der Waals surface area contributed by atoms with Crippen molar-refractivity contribution in [2.24, 2.45) is 0 Å². The molecule has 2 heterocycles. The van der Waals surface area contributed by atoms with Crippen LogP contribution in [-0.4, -0.2) is 58.0 Å². The lowest BCUT2D eigenvalue weighted by atomic mass is 10.1. The van der Waals surface area contributed by atoms with E-state index in [2.05, 4.69) is 38.4 Å². The molecule has 5 nitrogen and oxygen atoms in total. The molecular formula is C19H27N3O2S2. The van der Waals surface area contributed by atoms with Crippen molar-refractivity contribution in [1.29, 1.82) is 0 Å². The number of likely N-dealkylation sites (N-methyl/N-ethyl adjacent to an activating group) is 1. The molecule has 0 unspecified atom stereocenters. The number of nitrogens with zero attached hydrogens (tertiary/aromatic N) is 2. The first-order valence-electron chi connectivity index (χ1n) is 8.88. The molecule has 1 aliphatic heterocycles. The molecule has 0 aliphatic carbocycles. The van der Waals surface area contributed by atoms with Gasteiger partial charge in [-0.2, -0.15) is 11.3 Å². The molecular weight excluding hydrogens is 366 g/mol. The molecule has 26 heavy (non-hydrogen) atoms. The van der Waals surface area contributed by atoms with Gasteiger partial charge in [-0.1, -0.05) is 6.07 Å². The van der Waals surface area contributed by atoms with E-state index in [1.165, 1.54) is 5.56 Å². The molecule has 0 saturated carbocycles. The van der Waals surface area contributed by atoms with Crippen LogP contribution in [0.4, 0.5) is 0 Å². The third-order valence-corrected chi connectivity index (χ3v) is 7.28. The van der Waals surface area contributed by atoms with E-state index < -0.39 is 10.0 Å². The molecule has 0 spiro atoms. The van der Waals surface area contributed by atoms with Crippen LogP contribution in [0.1, 0.15) is 22.7 Å². The zero-order valence-electron chi connectivity index (χ0n) is 15.6. The average molecular weight is 394 g/mol.